The van der Waals surface area contributed by atoms with Gasteiger partial charge in [-0.25, -0.2) is 8.78 Å². The molecular weight excluding hydrogens is 306 g/mol. The third-order valence-electron chi connectivity index (χ3n) is 3.28. The van der Waals surface area contributed by atoms with E-state index in [-0.39, 0.29) is 18.0 Å². The van der Waals surface area contributed by atoms with Crippen molar-refractivity contribution >= 4 is 5.78 Å². The Morgan fingerprint density at radius 2 is 1.96 bits per heavy atom. The standard InChI is InChI=1S/C17H16F2O4/c1-10(20)14-8-12(4-6-17(14)22-2)23-9-16(21)13-5-3-11(18)7-15(13)19/h3-8,16,21H,9H2,1-2H3. The quantitative estimate of drug-likeness (QED) is 0.829. The van der Waals surface area contributed by atoms with Gasteiger partial charge in [0.25, 0.3) is 0 Å². The normalized spacial score (nSPS) is 11.9. The van der Waals surface area contributed by atoms with E-state index in [0.29, 0.717) is 23.1 Å². The highest BCUT2D eigenvalue weighted by Gasteiger charge is 2.15. The van der Waals surface area contributed by atoms with Crippen LogP contribution in [0.15, 0.2) is 36.4 Å². The zero-order valence-corrected chi connectivity index (χ0v) is 12.7. The van der Waals surface area contributed by atoms with Crippen LogP contribution in [0.4, 0.5) is 8.78 Å². The number of halogens is 2. The summed E-state index contributed by atoms with van der Waals surface area (Å²) in [7, 11) is 1.45. The van der Waals surface area contributed by atoms with Crippen LogP contribution < -0.4 is 9.47 Å². The summed E-state index contributed by atoms with van der Waals surface area (Å²) < 4.78 is 36.9. The molecule has 4 nitrogen and oxygen atoms in total. The average molecular weight is 322 g/mol. The number of carbonyl (C=O) groups is 1. The van der Waals surface area contributed by atoms with Crippen LogP contribution in [0.25, 0.3) is 0 Å². The Kier molecular flexibility index (Phi) is 5.28. The van der Waals surface area contributed by atoms with Crippen LogP contribution >= 0.6 is 0 Å². The van der Waals surface area contributed by atoms with Crippen LogP contribution in [0.2, 0.25) is 0 Å². The molecule has 1 N–H and O–H groups in total. The molecule has 0 saturated carbocycles. The first-order chi connectivity index (χ1) is 10.9. The minimum Gasteiger partial charge on any atom is -0.496 e. The Morgan fingerprint density at radius 3 is 2.57 bits per heavy atom. The van der Waals surface area contributed by atoms with Gasteiger partial charge in [-0.05, 0) is 31.2 Å². The Hall–Kier alpha value is -2.47. The number of benzene rings is 2. The van der Waals surface area contributed by atoms with Crippen molar-refractivity contribution in [1.82, 2.24) is 0 Å². The highest BCUT2D eigenvalue weighted by molar-refractivity contribution is 5.97. The lowest BCUT2D eigenvalue weighted by atomic mass is 10.1. The summed E-state index contributed by atoms with van der Waals surface area (Å²) in [6, 6.07) is 7.53. The summed E-state index contributed by atoms with van der Waals surface area (Å²) in [6.07, 6.45) is -1.27. The monoisotopic (exact) mass is 322 g/mol. The van der Waals surface area contributed by atoms with Gasteiger partial charge in [-0.15, -0.1) is 0 Å². The van der Waals surface area contributed by atoms with Gasteiger partial charge in [0.15, 0.2) is 5.78 Å². The minimum absolute atomic E-state index is 0.0632. The van der Waals surface area contributed by atoms with Crippen LogP contribution in [0.1, 0.15) is 28.9 Å². The first kappa shape index (κ1) is 16.9. The van der Waals surface area contributed by atoms with Crippen LogP contribution in [0.5, 0.6) is 11.5 Å². The van der Waals surface area contributed by atoms with Crippen molar-refractivity contribution in [3.05, 3.63) is 59.2 Å². The summed E-state index contributed by atoms with van der Waals surface area (Å²) in [4.78, 5) is 11.5. The fourth-order valence-corrected chi connectivity index (χ4v) is 2.09. The Balaban J connectivity index is 2.11. The number of carbonyl (C=O) groups excluding carboxylic acids is 1. The summed E-state index contributed by atoms with van der Waals surface area (Å²) in [5.74, 6) is -1.02. The van der Waals surface area contributed by atoms with Crippen molar-refractivity contribution < 1.29 is 28.2 Å². The predicted molar refractivity (Wildman–Crippen MR) is 79.8 cm³/mol. The van der Waals surface area contributed by atoms with E-state index in [4.69, 9.17) is 9.47 Å². The number of ketones is 1. The van der Waals surface area contributed by atoms with E-state index < -0.39 is 17.7 Å². The number of hydrogen-bond acceptors (Lipinski definition) is 4. The van der Waals surface area contributed by atoms with E-state index in [9.17, 15) is 18.7 Å². The molecule has 0 amide bonds. The number of ether oxygens (including phenoxy) is 2. The Labute approximate surface area is 132 Å². The highest BCUT2D eigenvalue weighted by atomic mass is 19.1. The molecule has 1 atom stereocenters. The highest BCUT2D eigenvalue weighted by Crippen LogP contribution is 2.26. The third-order valence-corrected chi connectivity index (χ3v) is 3.28. The SMILES string of the molecule is COc1ccc(OCC(O)c2ccc(F)cc2F)cc1C(C)=O. The zero-order valence-electron chi connectivity index (χ0n) is 12.7. The van der Waals surface area contributed by atoms with Crippen molar-refractivity contribution in [3.8, 4) is 11.5 Å². The van der Waals surface area contributed by atoms with Crippen molar-refractivity contribution in [3.63, 3.8) is 0 Å². The number of aliphatic hydroxyl groups excluding tert-OH is 1. The molecule has 6 heteroatoms. The second kappa shape index (κ2) is 7.19. The minimum atomic E-state index is -1.27. The molecule has 0 aliphatic heterocycles. The van der Waals surface area contributed by atoms with Crippen molar-refractivity contribution in [2.24, 2.45) is 0 Å². The summed E-state index contributed by atoms with van der Waals surface area (Å²) >= 11 is 0. The number of aliphatic hydroxyl groups is 1. The van der Waals surface area contributed by atoms with Gasteiger partial charge in [0, 0.05) is 11.6 Å². The van der Waals surface area contributed by atoms with Crippen LogP contribution in [0, 0.1) is 11.6 Å². The second-order valence-corrected chi connectivity index (χ2v) is 4.91. The molecule has 0 saturated heterocycles. The third kappa shape index (κ3) is 4.04. The van der Waals surface area contributed by atoms with E-state index in [1.807, 2.05) is 0 Å². The molecule has 0 aliphatic rings. The summed E-state index contributed by atoms with van der Waals surface area (Å²) in [6.45, 7) is 1.15. The number of rotatable bonds is 6. The number of methoxy groups -OCH3 is 1. The van der Waals surface area contributed by atoms with Crippen LogP contribution in [0.3, 0.4) is 0 Å². The fraction of sp³-hybridized carbons (Fsp3) is 0.235. The van der Waals surface area contributed by atoms with E-state index >= 15 is 0 Å². The smallest absolute Gasteiger partial charge is 0.163 e. The topological polar surface area (TPSA) is 55.8 Å². The van der Waals surface area contributed by atoms with Crippen molar-refractivity contribution in [1.29, 1.82) is 0 Å². The fourth-order valence-electron chi connectivity index (χ4n) is 2.09. The van der Waals surface area contributed by atoms with Crippen molar-refractivity contribution in [2.45, 2.75) is 13.0 Å². The molecule has 0 aromatic heterocycles. The largest absolute Gasteiger partial charge is 0.496 e. The molecule has 0 heterocycles. The number of hydrogen-bond donors (Lipinski definition) is 1. The molecule has 0 fully saturated rings. The molecule has 0 radical (unpaired) electrons. The molecule has 0 aliphatic carbocycles. The summed E-state index contributed by atoms with van der Waals surface area (Å²) in [5, 5.41) is 9.95. The molecule has 2 aromatic carbocycles. The van der Waals surface area contributed by atoms with Gasteiger partial charge in [0.2, 0.25) is 0 Å². The second-order valence-electron chi connectivity index (χ2n) is 4.91. The van der Waals surface area contributed by atoms with Gasteiger partial charge >= 0.3 is 0 Å². The van der Waals surface area contributed by atoms with Gasteiger partial charge in [-0.3, -0.25) is 4.79 Å². The van der Waals surface area contributed by atoms with E-state index in [0.717, 1.165) is 12.1 Å². The van der Waals surface area contributed by atoms with Crippen LogP contribution in [-0.4, -0.2) is 24.6 Å². The van der Waals surface area contributed by atoms with Crippen molar-refractivity contribution in [2.75, 3.05) is 13.7 Å². The molecule has 2 aromatic rings. The molecular formula is C17H16F2O4. The zero-order chi connectivity index (χ0) is 17.0. The maximum absolute atomic E-state index is 13.6. The average Bonchev–Trinajstić information content (AvgIpc) is 2.52. The molecule has 0 bridgehead atoms. The van der Waals surface area contributed by atoms with E-state index in [1.165, 1.54) is 20.1 Å². The van der Waals surface area contributed by atoms with E-state index in [1.54, 1.807) is 12.1 Å². The van der Waals surface area contributed by atoms with E-state index in [2.05, 4.69) is 0 Å². The lowest BCUT2D eigenvalue weighted by molar-refractivity contribution is 0.100. The van der Waals surface area contributed by atoms with Gasteiger partial charge in [-0.1, -0.05) is 6.07 Å². The van der Waals surface area contributed by atoms with Crippen LogP contribution in [-0.2, 0) is 0 Å². The molecule has 0 spiro atoms. The summed E-state index contributed by atoms with van der Waals surface area (Å²) in [5.41, 5.74) is 0.277. The lowest BCUT2D eigenvalue weighted by Crippen LogP contribution is -2.12. The molecule has 23 heavy (non-hydrogen) atoms. The van der Waals surface area contributed by atoms with Gasteiger partial charge < -0.3 is 14.6 Å². The maximum Gasteiger partial charge on any atom is 0.163 e. The van der Waals surface area contributed by atoms with Gasteiger partial charge in [0.1, 0.15) is 35.8 Å². The lowest BCUT2D eigenvalue weighted by Gasteiger charge is -2.14. The first-order valence-electron chi connectivity index (χ1n) is 6.87. The number of Topliss-reactive ketones (excluding diaryl/α,β-unsaturated/α-hetero) is 1. The van der Waals surface area contributed by atoms with Gasteiger partial charge in [0.05, 0.1) is 12.7 Å². The molecule has 1 unspecified atom stereocenters. The van der Waals surface area contributed by atoms with Gasteiger partial charge in [-0.2, -0.15) is 0 Å². The predicted octanol–water partition coefficient (Wildman–Crippen LogP) is 3.29. The Morgan fingerprint density at radius 1 is 1.22 bits per heavy atom. The maximum atomic E-state index is 13.6. The molecule has 122 valence electrons. The molecule has 2 rings (SSSR count). The Bertz CT molecular complexity index is 716. The first-order valence-corrected chi connectivity index (χ1v) is 6.87.